The zero-order chi connectivity index (χ0) is 12.3. The summed E-state index contributed by atoms with van der Waals surface area (Å²) < 4.78 is 5.06. The second-order valence-corrected chi connectivity index (χ2v) is 5.25. The molecule has 2 rings (SSSR count). The molecule has 0 aliphatic carbocycles. The molecule has 1 unspecified atom stereocenters. The Morgan fingerprint density at radius 3 is 3.06 bits per heavy atom. The Balaban J connectivity index is 1.87. The van der Waals surface area contributed by atoms with Crippen molar-refractivity contribution in [2.24, 2.45) is 5.41 Å². The largest absolute Gasteiger partial charge is 0.440 e. The minimum atomic E-state index is -0.205. The van der Waals surface area contributed by atoms with Gasteiger partial charge < -0.3 is 15.1 Å². The zero-order valence-corrected chi connectivity index (χ0v) is 10.6. The van der Waals surface area contributed by atoms with Crippen molar-refractivity contribution in [3.63, 3.8) is 0 Å². The van der Waals surface area contributed by atoms with E-state index in [4.69, 9.17) is 16.0 Å². The summed E-state index contributed by atoms with van der Waals surface area (Å²) in [7, 11) is 0. The molecule has 17 heavy (non-hydrogen) atoms. The predicted octanol–water partition coefficient (Wildman–Crippen LogP) is 2.05. The molecule has 0 spiro atoms. The van der Waals surface area contributed by atoms with Crippen molar-refractivity contribution in [2.45, 2.75) is 19.8 Å². The first-order valence-electron chi connectivity index (χ1n) is 5.83. The lowest BCUT2D eigenvalue weighted by molar-refractivity contribution is 0.0897. The number of hydrogen-bond acceptors (Lipinski definition) is 3. The molecule has 0 bridgehead atoms. The first-order chi connectivity index (χ1) is 8.09. The number of furan rings is 1. The molecular weight excluding hydrogens is 240 g/mol. The van der Waals surface area contributed by atoms with Gasteiger partial charge in [0.1, 0.15) is 0 Å². The lowest BCUT2D eigenvalue weighted by atomic mass is 9.83. The standard InChI is InChI=1S/C12H17ClN2O2/c1-12(5-2-6-14-7-12)8-15-11(16)9-3-4-10(13)17-9/h3-4,14H,2,5-8H2,1H3,(H,15,16). The van der Waals surface area contributed by atoms with E-state index in [1.165, 1.54) is 0 Å². The van der Waals surface area contributed by atoms with Crippen LogP contribution in [0.25, 0.3) is 0 Å². The number of carbonyl (C=O) groups excluding carboxylic acids is 1. The van der Waals surface area contributed by atoms with Gasteiger partial charge in [0.25, 0.3) is 5.91 Å². The molecule has 1 aliphatic rings. The Morgan fingerprint density at radius 1 is 1.65 bits per heavy atom. The maximum Gasteiger partial charge on any atom is 0.287 e. The Morgan fingerprint density at radius 2 is 2.47 bits per heavy atom. The van der Waals surface area contributed by atoms with E-state index in [9.17, 15) is 4.79 Å². The molecule has 0 saturated carbocycles. The number of carbonyl (C=O) groups is 1. The molecule has 1 aliphatic heterocycles. The Bertz CT molecular complexity index is 397. The Kier molecular flexibility index (Phi) is 3.74. The van der Waals surface area contributed by atoms with Crippen LogP contribution in [0, 0.1) is 5.41 Å². The van der Waals surface area contributed by atoms with Crippen LogP contribution in [-0.2, 0) is 0 Å². The highest BCUT2D eigenvalue weighted by molar-refractivity contribution is 6.29. The molecule has 1 atom stereocenters. The Labute approximate surface area is 106 Å². The van der Waals surface area contributed by atoms with E-state index in [1.54, 1.807) is 12.1 Å². The van der Waals surface area contributed by atoms with Gasteiger partial charge in [0, 0.05) is 13.1 Å². The molecular formula is C12H17ClN2O2. The lowest BCUT2D eigenvalue weighted by Crippen LogP contribution is -2.45. The van der Waals surface area contributed by atoms with Gasteiger partial charge in [-0.15, -0.1) is 0 Å². The molecule has 1 aromatic heterocycles. The molecule has 1 aromatic rings. The van der Waals surface area contributed by atoms with Gasteiger partial charge in [-0.25, -0.2) is 0 Å². The van der Waals surface area contributed by atoms with Crippen molar-refractivity contribution in [2.75, 3.05) is 19.6 Å². The maximum absolute atomic E-state index is 11.8. The van der Waals surface area contributed by atoms with E-state index >= 15 is 0 Å². The van der Waals surface area contributed by atoms with Gasteiger partial charge in [-0.1, -0.05) is 6.92 Å². The van der Waals surface area contributed by atoms with Crippen molar-refractivity contribution < 1.29 is 9.21 Å². The van der Waals surface area contributed by atoms with Crippen molar-refractivity contribution in [1.29, 1.82) is 0 Å². The highest BCUT2D eigenvalue weighted by atomic mass is 35.5. The normalized spacial score (nSPS) is 24.6. The van der Waals surface area contributed by atoms with Crippen LogP contribution in [0.1, 0.15) is 30.3 Å². The van der Waals surface area contributed by atoms with E-state index in [2.05, 4.69) is 17.6 Å². The fourth-order valence-corrected chi connectivity index (χ4v) is 2.23. The van der Waals surface area contributed by atoms with E-state index in [0.29, 0.717) is 6.54 Å². The molecule has 0 aromatic carbocycles. The Hall–Kier alpha value is -1.00. The van der Waals surface area contributed by atoms with Crippen LogP contribution in [0.3, 0.4) is 0 Å². The number of rotatable bonds is 3. The number of hydrogen-bond donors (Lipinski definition) is 2. The summed E-state index contributed by atoms with van der Waals surface area (Å²) in [6.45, 7) is 4.83. The summed E-state index contributed by atoms with van der Waals surface area (Å²) in [5.74, 6) is 0.0612. The van der Waals surface area contributed by atoms with E-state index in [-0.39, 0.29) is 22.3 Å². The van der Waals surface area contributed by atoms with Crippen LogP contribution in [0.15, 0.2) is 16.5 Å². The fraction of sp³-hybridized carbons (Fsp3) is 0.583. The van der Waals surface area contributed by atoms with Crippen LogP contribution in [0.2, 0.25) is 5.22 Å². The first kappa shape index (κ1) is 12.5. The summed E-state index contributed by atoms with van der Waals surface area (Å²) in [5, 5.41) is 6.48. The van der Waals surface area contributed by atoms with Gasteiger partial charge in [0.15, 0.2) is 11.0 Å². The van der Waals surface area contributed by atoms with Crippen molar-refractivity contribution in [3.8, 4) is 0 Å². The molecule has 0 radical (unpaired) electrons. The molecule has 2 heterocycles. The van der Waals surface area contributed by atoms with Gasteiger partial charge in [0.05, 0.1) is 0 Å². The second-order valence-electron chi connectivity index (χ2n) is 4.88. The van der Waals surface area contributed by atoms with Crippen molar-refractivity contribution >= 4 is 17.5 Å². The van der Waals surface area contributed by atoms with Gasteiger partial charge in [-0.3, -0.25) is 4.79 Å². The number of amides is 1. The van der Waals surface area contributed by atoms with E-state index in [0.717, 1.165) is 25.9 Å². The van der Waals surface area contributed by atoms with Crippen LogP contribution in [-0.4, -0.2) is 25.5 Å². The number of nitrogens with one attached hydrogen (secondary N) is 2. The third kappa shape index (κ3) is 3.23. The van der Waals surface area contributed by atoms with Gasteiger partial charge in [-0.05, 0) is 48.5 Å². The molecule has 1 saturated heterocycles. The summed E-state index contributed by atoms with van der Waals surface area (Å²) in [5.41, 5.74) is 0.129. The molecule has 2 N–H and O–H groups in total. The van der Waals surface area contributed by atoms with Crippen LogP contribution >= 0.6 is 11.6 Å². The highest BCUT2D eigenvalue weighted by Crippen LogP contribution is 2.24. The molecule has 94 valence electrons. The third-order valence-electron chi connectivity index (χ3n) is 3.16. The van der Waals surface area contributed by atoms with Crippen LogP contribution in [0.5, 0.6) is 0 Å². The second kappa shape index (κ2) is 5.10. The average Bonchev–Trinajstić information content (AvgIpc) is 2.74. The lowest BCUT2D eigenvalue weighted by Gasteiger charge is -2.34. The minimum absolute atomic E-state index is 0.129. The highest BCUT2D eigenvalue weighted by Gasteiger charge is 2.27. The summed E-state index contributed by atoms with van der Waals surface area (Å²) in [4.78, 5) is 11.8. The third-order valence-corrected chi connectivity index (χ3v) is 3.36. The minimum Gasteiger partial charge on any atom is -0.440 e. The van der Waals surface area contributed by atoms with E-state index < -0.39 is 0 Å². The average molecular weight is 257 g/mol. The first-order valence-corrected chi connectivity index (χ1v) is 6.21. The predicted molar refractivity (Wildman–Crippen MR) is 66.3 cm³/mol. The zero-order valence-electron chi connectivity index (χ0n) is 9.88. The fourth-order valence-electron chi connectivity index (χ4n) is 2.09. The van der Waals surface area contributed by atoms with Gasteiger partial charge in [-0.2, -0.15) is 0 Å². The quantitative estimate of drug-likeness (QED) is 0.870. The molecule has 5 heteroatoms. The van der Waals surface area contributed by atoms with Crippen LogP contribution < -0.4 is 10.6 Å². The molecule has 4 nitrogen and oxygen atoms in total. The van der Waals surface area contributed by atoms with E-state index in [1.807, 2.05) is 0 Å². The maximum atomic E-state index is 11.8. The van der Waals surface area contributed by atoms with Crippen molar-refractivity contribution in [1.82, 2.24) is 10.6 Å². The van der Waals surface area contributed by atoms with Crippen molar-refractivity contribution in [3.05, 3.63) is 23.1 Å². The number of halogens is 1. The topological polar surface area (TPSA) is 54.3 Å². The summed E-state index contributed by atoms with van der Waals surface area (Å²) >= 11 is 5.62. The summed E-state index contributed by atoms with van der Waals surface area (Å²) in [6, 6.07) is 3.15. The monoisotopic (exact) mass is 256 g/mol. The summed E-state index contributed by atoms with van der Waals surface area (Å²) in [6.07, 6.45) is 2.28. The number of piperidine rings is 1. The molecule has 1 amide bonds. The smallest absolute Gasteiger partial charge is 0.287 e. The van der Waals surface area contributed by atoms with Crippen LogP contribution in [0.4, 0.5) is 0 Å². The van der Waals surface area contributed by atoms with Gasteiger partial charge in [0.2, 0.25) is 0 Å². The molecule has 1 fully saturated rings. The van der Waals surface area contributed by atoms with Gasteiger partial charge >= 0.3 is 0 Å². The SMILES string of the molecule is CC1(CNC(=O)c2ccc(Cl)o2)CCCNC1.